The van der Waals surface area contributed by atoms with Gasteiger partial charge in [-0.05, 0) is 41.6 Å². The molecule has 2 aliphatic rings. The number of carbonyl (C=O) groups excluding carboxylic acids is 1. The second kappa shape index (κ2) is 7.12. The Balaban J connectivity index is 1.23. The SMILES string of the molecule is O=C(/C=C\c1ccc2c(c1)OCO2)N1CC[C@@H](c2noc(-c3ccsc3)n2)C1. The summed E-state index contributed by atoms with van der Waals surface area (Å²) in [6.45, 7) is 1.50. The highest BCUT2D eigenvalue weighted by Gasteiger charge is 2.30. The Hall–Kier alpha value is -3.13. The van der Waals surface area contributed by atoms with Crippen LogP contribution in [0.2, 0.25) is 0 Å². The van der Waals surface area contributed by atoms with Gasteiger partial charge in [0, 0.05) is 30.5 Å². The van der Waals surface area contributed by atoms with Gasteiger partial charge in [0.2, 0.25) is 12.7 Å². The third-order valence-electron chi connectivity index (χ3n) is 4.89. The number of carbonyl (C=O) groups is 1. The van der Waals surface area contributed by atoms with Gasteiger partial charge in [0.05, 0.1) is 5.56 Å². The van der Waals surface area contributed by atoms with E-state index in [-0.39, 0.29) is 18.6 Å². The molecule has 4 heterocycles. The van der Waals surface area contributed by atoms with Crippen molar-refractivity contribution in [1.82, 2.24) is 15.0 Å². The van der Waals surface area contributed by atoms with Crippen molar-refractivity contribution < 1.29 is 18.8 Å². The van der Waals surface area contributed by atoms with Gasteiger partial charge in [0.15, 0.2) is 17.3 Å². The fraction of sp³-hybridized carbons (Fsp3) is 0.250. The molecule has 2 aliphatic heterocycles. The lowest BCUT2D eigenvalue weighted by Crippen LogP contribution is -2.26. The van der Waals surface area contributed by atoms with Gasteiger partial charge in [-0.2, -0.15) is 16.3 Å². The third kappa shape index (κ3) is 3.27. The molecule has 1 saturated heterocycles. The van der Waals surface area contributed by atoms with Crippen LogP contribution in [0.4, 0.5) is 0 Å². The molecule has 1 atom stereocenters. The summed E-state index contributed by atoms with van der Waals surface area (Å²) in [6.07, 6.45) is 4.21. The number of fused-ring (bicyclic) bond motifs is 1. The van der Waals surface area contributed by atoms with Gasteiger partial charge in [-0.15, -0.1) is 0 Å². The molecule has 0 radical (unpaired) electrons. The zero-order valence-electron chi connectivity index (χ0n) is 14.9. The van der Waals surface area contributed by atoms with Gasteiger partial charge >= 0.3 is 0 Å². The summed E-state index contributed by atoms with van der Waals surface area (Å²) >= 11 is 1.59. The normalized spacial score (nSPS) is 18.3. The van der Waals surface area contributed by atoms with Crippen molar-refractivity contribution in [2.75, 3.05) is 19.9 Å². The predicted molar refractivity (Wildman–Crippen MR) is 103 cm³/mol. The fourth-order valence-corrected chi connectivity index (χ4v) is 3.99. The van der Waals surface area contributed by atoms with E-state index in [0.717, 1.165) is 23.3 Å². The van der Waals surface area contributed by atoms with Crippen LogP contribution in [0.3, 0.4) is 0 Å². The second-order valence-electron chi connectivity index (χ2n) is 6.69. The van der Waals surface area contributed by atoms with Crippen LogP contribution in [0.25, 0.3) is 17.5 Å². The summed E-state index contributed by atoms with van der Waals surface area (Å²) < 4.78 is 16.0. The molecule has 1 fully saturated rings. The molecule has 0 bridgehead atoms. The minimum atomic E-state index is -0.0262. The zero-order valence-corrected chi connectivity index (χ0v) is 15.7. The first-order valence-electron chi connectivity index (χ1n) is 8.99. The number of hydrogen-bond acceptors (Lipinski definition) is 7. The maximum atomic E-state index is 12.5. The quantitative estimate of drug-likeness (QED) is 0.629. The number of rotatable bonds is 4. The van der Waals surface area contributed by atoms with E-state index in [9.17, 15) is 4.79 Å². The van der Waals surface area contributed by atoms with E-state index in [1.54, 1.807) is 23.5 Å². The monoisotopic (exact) mass is 395 g/mol. The molecule has 8 heteroatoms. The lowest BCUT2D eigenvalue weighted by molar-refractivity contribution is -0.124. The predicted octanol–water partition coefficient (Wildman–Crippen LogP) is 3.56. The lowest BCUT2D eigenvalue weighted by Gasteiger charge is -2.13. The molecule has 0 spiro atoms. The Morgan fingerprint density at radius 2 is 2.18 bits per heavy atom. The van der Waals surface area contributed by atoms with Crippen LogP contribution in [0.5, 0.6) is 11.5 Å². The number of nitrogens with zero attached hydrogens (tertiary/aromatic N) is 3. The molecule has 28 heavy (non-hydrogen) atoms. The Morgan fingerprint density at radius 1 is 1.25 bits per heavy atom. The highest BCUT2D eigenvalue weighted by atomic mass is 32.1. The van der Waals surface area contributed by atoms with Crippen molar-refractivity contribution in [1.29, 1.82) is 0 Å². The zero-order chi connectivity index (χ0) is 18.9. The van der Waals surface area contributed by atoms with Crippen molar-refractivity contribution >= 4 is 23.3 Å². The highest BCUT2D eigenvalue weighted by molar-refractivity contribution is 7.08. The average Bonchev–Trinajstić information content (AvgIpc) is 3.50. The maximum absolute atomic E-state index is 12.5. The summed E-state index contributed by atoms with van der Waals surface area (Å²) in [4.78, 5) is 18.9. The smallest absolute Gasteiger partial charge is 0.258 e. The van der Waals surface area contributed by atoms with E-state index in [4.69, 9.17) is 14.0 Å². The molecular weight excluding hydrogens is 378 g/mol. The molecule has 0 N–H and O–H groups in total. The number of hydrogen-bond donors (Lipinski definition) is 0. The van der Waals surface area contributed by atoms with Crippen molar-refractivity contribution in [3.05, 3.63) is 52.5 Å². The van der Waals surface area contributed by atoms with E-state index in [1.165, 1.54) is 0 Å². The van der Waals surface area contributed by atoms with Crippen molar-refractivity contribution in [2.24, 2.45) is 0 Å². The van der Waals surface area contributed by atoms with E-state index < -0.39 is 0 Å². The largest absolute Gasteiger partial charge is 0.454 e. The molecule has 142 valence electrons. The third-order valence-corrected chi connectivity index (χ3v) is 5.57. The first kappa shape index (κ1) is 17.0. The number of amides is 1. The molecule has 0 saturated carbocycles. The van der Waals surface area contributed by atoms with Crippen molar-refractivity contribution in [2.45, 2.75) is 12.3 Å². The van der Waals surface area contributed by atoms with Gasteiger partial charge in [-0.3, -0.25) is 4.79 Å². The highest BCUT2D eigenvalue weighted by Crippen LogP contribution is 2.33. The molecule has 3 aromatic rings. The Labute approximate surface area is 165 Å². The minimum Gasteiger partial charge on any atom is -0.454 e. The number of aromatic nitrogens is 2. The van der Waals surface area contributed by atoms with Crippen LogP contribution in [0.15, 0.2) is 45.6 Å². The van der Waals surface area contributed by atoms with Gasteiger partial charge in [0.1, 0.15) is 0 Å². The molecule has 7 nitrogen and oxygen atoms in total. The fourth-order valence-electron chi connectivity index (χ4n) is 3.37. The number of likely N-dealkylation sites (tertiary alicyclic amines) is 1. The van der Waals surface area contributed by atoms with Gasteiger partial charge in [-0.1, -0.05) is 11.2 Å². The van der Waals surface area contributed by atoms with E-state index in [0.29, 0.717) is 30.6 Å². The summed E-state index contributed by atoms with van der Waals surface area (Å²) in [5.74, 6) is 2.70. The number of ether oxygens (including phenoxy) is 2. The summed E-state index contributed by atoms with van der Waals surface area (Å²) in [6, 6.07) is 7.56. The first-order chi connectivity index (χ1) is 13.8. The molecule has 2 aromatic heterocycles. The second-order valence-corrected chi connectivity index (χ2v) is 7.47. The molecule has 5 rings (SSSR count). The summed E-state index contributed by atoms with van der Waals surface area (Å²) in [7, 11) is 0. The number of benzene rings is 1. The molecular formula is C20H17N3O4S. The molecule has 1 amide bonds. The van der Waals surface area contributed by atoms with Crippen molar-refractivity contribution in [3.63, 3.8) is 0 Å². The standard InChI is InChI=1S/C20H17N3O4S/c24-18(4-2-13-1-3-16-17(9-13)26-12-25-16)23-7-5-14(10-23)19-21-20(27-22-19)15-6-8-28-11-15/h1-4,6,8-9,11,14H,5,7,10,12H2/b4-2-/t14-/m1/s1. The van der Waals surface area contributed by atoms with Crippen LogP contribution in [0.1, 0.15) is 23.7 Å². The van der Waals surface area contributed by atoms with Crippen LogP contribution in [0, 0.1) is 0 Å². The molecule has 0 aliphatic carbocycles. The first-order valence-corrected chi connectivity index (χ1v) is 9.93. The average molecular weight is 395 g/mol. The van der Waals surface area contributed by atoms with Crippen LogP contribution < -0.4 is 9.47 Å². The number of thiophene rings is 1. The Kier molecular flexibility index (Phi) is 4.32. The minimum absolute atomic E-state index is 0.0262. The Morgan fingerprint density at radius 3 is 3.07 bits per heavy atom. The van der Waals surface area contributed by atoms with Gasteiger partial charge in [-0.25, -0.2) is 0 Å². The summed E-state index contributed by atoms with van der Waals surface area (Å²) in [5.41, 5.74) is 1.83. The van der Waals surface area contributed by atoms with E-state index in [1.807, 2.05) is 39.9 Å². The van der Waals surface area contributed by atoms with Gasteiger partial charge < -0.3 is 18.9 Å². The van der Waals surface area contributed by atoms with E-state index >= 15 is 0 Å². The topological polar surface area (TPSA) is 77.7 Å². The Bertz CT molecular complexity index is 1030. The maximum Gasteiger partial charge on any atom is 0.258 e. The molecule has 1 aromatic carbocycles. The van der Waals surface area contributed by atoms with Crippen LogP contribution >= 0.6 is 11.3 Å². The molecule has 0 unspecified atom stereocenters. The van der Waals surface area contributed by atoms with Crippen molar-refractivity contribution in [3.8, 4) is 23.0 Å². The van der Waals surface area contributed by atoms with E-state index in [2.05, 4.69) is 10.1 Å². The van der Waals surface area contributed by atoms with Gasteiger partial charge in [0.25, 0.3) is 5.89 Å². The lowest BCUT2D eigenvalue weighted by atomic mass is 10.1. The summed E-state index contributed by atoms with van der Waals surface area (Å²) in [5, 5.41) is 8.06. The van der Waals surface area contributed by atoms with Crippen LogP contribution in [-0.2, 0) is 4.79 Å². The van der Waals surface area contributed by atoms with Crippen LogP contribution in [-0.4, -0.2) is 40.8 Å².